The van der Waals surface area contributed by atoms with E-state index in [4.69, 9.17) is 13.9 Å². The molecule has 1 amide bonds. The number of fused-ring (bicyclic) bond motifs is 1. The summed E-state index contributed by atoms with van der Waals surface area (Å²) >= 11 is 0. The standard InChI is InChI=1S/C20H20N2O4/c1-12-15-7-5-6-8-17(15)26-19(12)20(23)22-21-13(2)16-10-9-14(24-3)11-18(16)25-4/h5-11H,1-4H3,(H,22,23)/b21-13-. The average Bonchev–Trinajstić information content (AvgIpc) is 3.02. The molecule has 1 N–H and O–H groups in total. The molecule has 0 spiro atoms. The van der Waals surface area contributed by atoms with Crippen LogP contribution in [0.5, 0.6) is 11.5 Å². The average molecular weight is 352 g/mol. The normalized spacial score (nSPS) is 11.5. The van der Waals surface area contributed by atoms with E-state index in [2.05, 4.69) is 10.5 Å². The van der Waals surface area contributed by atoms with Gasteiger partial charge in [-0.25, -0.2) is 5.43 Å². The second-order valence-corrected chi connectivity index (χ2v) is 5.76. The highest BCUT2D eigenvalue weighted by Gasteiger charge is 2.17. The van der Waals surface area contributed by atoms with Gasteiger partial charge < -0.3 is 13.9 Å². The van der Waals surface area contributed by atoms with Gasteiger partial charge in [-0.2, -0.15) is 5.10 Å². The Morgan fingerprint density at radius 1 is 1.12 bits per heavy atom. The zero-order chi connectivity index (χ0) is 18.7. The van der Waals surface area contributed by atoms with Gasteiger partial charge >= 0.3 is 5.91 Å². The number of benzene rings is 2. The maximum absolute atomic E-state index is 12.5. The SMILES string of the molecule is COc1ccc(/C(C)=N\NC(=O)c2oc3ccccc3c2C)c(OC)c1. The minimum absolute atomic E-state index is 0.254. The van der Waals surface area contributed by atoms with Crippen molar-refractivity contribution in [3.63, 3.8) is 0 Å². The van der Waals surface area contributed by atoms with E-state index in [1.807, 2.05) is 43.3 Å². The van der Waals surface area contributed by atoms with Crippen molar-refractivity contribution >= 4 is 22.6 Å². The number of nitrogens with one attached hydrogen (secondary N) is 1. The highest BCUT2D eigenvalue weighted by Crippen LogP contribution is 2.26. The van der Waals surface area contributed by atoms with Crippen molar-refractivity contribution in [2.24, 2.45) is 5.10 Å². The maximum atomic E-state index is 12.5. The number of carbonyl (C=O) groups excluding carboxylic acids is 1. The molecule has 3 aromatic rings. The van der Waals surface area contributed by atoms with Crippen molar-refractivity contribution in [3.8, 4) is 11.5 Å². The van der Waals surface area contributed by atoms with Gasteiger partial charge in [-0.1, -0.05) is 18.2 Å². The lowest BCUT2D eigenvalue weighted by molar-refractivity contribution is 0.0928. The van der Waals surface area contributed by atoms with Crippen molar-refractivity contribution < 1.29 is 18.7 Å². The summed E-state index contributed by atoms with van der Waals surface area (Å²) < 4.78 is 16.2. The number of para-hydroxylation sites is 1. The number of amides is 1. The van der Waals surface area contributed by atoms with E-state index in [9.17, 15) is 4.79 Å². The molecule has 134 valence electrons. The van der Waals surface area contributed by atoms with E-state index in [-0.39, 0.29) is 5.76 Å². The summed E-state index contributed by atoms with van der Waals surface area (Å²) in [6, 6.07) is 12.9. The fourth-order valence-electron chi connectivity index (χ4n) is 2.73. The van der Waals surface area contributed by atoms with Gasteiger partial charge in [-0.15, -0.1) is 0 Å². The smallest absolute Gasteiger partial charge is 0.307 e. The van der Waals surface area contributed by atoms with Crippen LogP contribution in [0.25, 0.3) is 11.0 Å². The summed E-state index contributed by atoms with van der Waals surface area (Å²) in [4.78, 5) is 12.5. The lowest BCUT2D eigenvalue weighted by Crippen LogP contribution is -2.19. The number of hydrogen-bond acceptors (Lipinski definition) is 5. The Bertz CT molecular complexity index is 989. The number of hydrogen-bond donors (Lipinski definition) is 1. The Hall–Kier alpha value is -3.28. The highest BCUT2D eigenvalue weighted by atomic mass is 16.5. The summed E-state index contributed by atoms with van der Waals surface area (Å²) in [5.41, 5.74) is 5.37. The first-order chi connectivity index (χ1) is 12.5. The second kappa shape index (κ2) is 7.31. The predicted octanol–water partition coefficient (Wildman–Crippen LogP) is 3.91. The molecule has 0 fully saturated rings. The second-order valence-electron chi connectivity index (χ2n) is 5.76. The third-order valence-corrected chi connectivity index (χ3v) is 4.17. The molecule has 0 bridgehead atoms. The number of nitrogens with zero attached hydrogens (tertiary/aromatic N) is 1. The molecular weight excluding hydrogens is 332 g/mol. The number of carbonyl (C=O) groups is 1. The van der Waals surface area contributed by atoms with E-state index >= 15 is 0 Å². The van der Waals surface area contributed by atoms with E-state index in [0.29, 0.717) is 22.8 Å². The molecule has 0 radical (unpaired) electrons. The molecule has 0 unspecified atom stereocenters. The van der Waals surface area contributed by atoms with E-state index < -0.39 is 5.91 Å². The van der Waals surface area contributed by atoms with Gasteiger partial charge in [0.25, 0.3) is 0 Å². The van der Waals surface area contributed by atoms with Crippen LogP contribution >= 0.6 is 0 Å². The molecule has 0 saturated heterocycles. The molecule has 2 aromatic carbocycles. The first-order valence-corrected chi connectivity index (χ1v) is 8.10. The van der Waals surface area contributed by atoms with Crippen LogP contribution in [0.2, 0.25) is 0 Å². The molecule has 0 saturated carbocycles. The van der Waals surface area contributed by atoms with Crippen LogP contribution in [-0.2, 0) is 0 Å². The lowest BCUT2D eigenvalue weighted by atomic mass is 10.1. The summed E-state index contributed by atoms with van der Waals surface area (Å²) in [6.07, 6.45) is 0. The van der Waals surface area contributed by atoms with Crippen LogP contribution in [0.15, 0.2) is 52.0 Å². The van der Waals surface area contributed by atoms with Crippen LogP contribution in [0.3, 0.4) is 0 Å². The molecule has 0 aliphatic rings. The van der Waals surface area contributed by atoms with Gasteiger partial charge in [0.15, 0.2) is 5.76 Å². The number of ether oxygens (including phenoxy) is 2. The molecule has 6 nitrogen and oxygen atoms in total. The minimum Gasteiger partial charge on any atom is -0.497 e. The van der Waals surface area contributed by atoms with E-state index in [0.717, 1.165) is 16.5 Å². The topological polar surface area (TPSA) is 73.1 Å². The van der Waals surface area contributed by atoms with Gasteiger partial charge in [0, 0.05) is 22.6 Å². The van der Waals surface area contributed by atoms with E-state index in [1.54, 1.807) is 27.2 Å². The predicted molar refractivity (Wildman–Crippen MR) is 100 cm³/mol. The Balaban J connectivity index is 1.84. The first-order valence-electron chi connectivity index (χ1n) is 8.10. The molecule has 0 aliphatic carbocycles. The molecule has 1 heterocycles. The highest BCUT2D eigenvalue weighted by molar-refractivity contribution is 6.03. The molecule has 26 heavy (non-hydrogen) atoms. The molecular formula is C20H20N2O4. The van der Waals surface area contributed by atoms with Gasteiger partial charge in [0.2, 0.25) is 0 Å². The van der Waals surface area contributed by atoms with Crippen molar-refractivity contribution in [3.05, 3.63) is 59.4 Å². The molecule has 1 aromatic heterocycles. The van der Waals surface area contributed by atoms with Crippen LogP contribution in [0.1, 0.15) is 28.6 Å². The molecule has 0 aliphatic heterocycles. The number of methoxy groups -OCH3 is 2. The van der Waals surface area contributed by atoms with Crippen LogP contribution in [-0.4, -0.2) is 25.8 Å². The van der Waals surface area contributed by atoms with E-state index in [1.165, 1.54) is 0 Å². The van der Waals surface area contributed by atoms with Gasteiger partial charge in [0.1, 0.15) is 17.1 Å². The largest absolute Gasteiger partial charge is 0.497 e. The van der Waals surface area contributed by atoms with Crippen molar-refractivity contribution in [2.45, 2.75) is 13.8 Å². The van der Waals surface area contributed by atoms with Crippen LogP contribution in [0, 0.1) is 6.92 Å². The maximum Gasteiger partial charge on any atom is 0.307 e. The quantitative estimate of drug-likeness (QED) is 0.558. The Kier molecular flexibility index (Phi) is 4.93. The zero-order valence-corrected chi connectivity index (χ0v) is 15.1. The fourth-order valence-corrected chi connectivity index (χ4v) is 2.73. The number of furan rings is 1. The Morgan fingerprint density at radius 3 is 2.58 bits per heavy atom. The summed E-state index contributed by atoms with van der Waals surface area (Å²) in [7, 11) is 3.16. The summed E-state index contributed by atoms with van der Waals surface area (Å²) in [5.74, 6) is 1.15. The summed E-state index contributed by atoms with van der Waals surface area (Å²) in [6.45, 7) is 3.64. The zero-order valence-electron chi connectivity index (χ0n) is 15.1. The number of hydrazone groups is 1. The number of aryl methyl sites for hydroxylation is 1. The van der Waals surface area contributed by atoms with Crippen LogP contribution < -0.4 is 14.9 Å². The molecule has 0 atom stereocenters. The monoisotopic (exact) mass is 352 g/mol. The summed E-state index contributed by atoms with van der Waals surface area (Å²) in [5, 5.41) is 5.09. The fraction of sp³-hybridized carbons (Fsp3) is 0.200. The van der Waals surface area contributed by atoms with Gasteiger partial charge in [-0.05, 0) is 32.0 Å². The molecule has 3 rings (SSSR count). The minimum atomic E-state index is -0.398. The first kappa shape index (κ1) is 17.5. The Labute approximate surface area is 151 Å². The Morgan fingerprint density at radius 2 is 1.88 bits per heavy atom. The van der Waals surface area contributed by atoms with Gasteiger partial charge in [0.05, 0.1) is 19.9 Å². The van der Waals surface area contributed by atoms with Crippen molar-refractivity contribution in [1.29, 1.82) is 0 Å². The number of rotatable bonds is 5. The van der Waals surface area contributed by atoms with Crippen molar-refractivity contribution in [1.82, 2.24) is 5.43 Å². The van der Waals surface area contributed by atoms with Crippen LogP contribution in [0.4, 0.5) is 0 Å². The third kappa shape index (κ3) is 3.26. The van der Waals surface area contributed by atoms with Gasteiger partial charge in [-0.3, -0.25) is 4.79 Å². The van der Waals surface area contributed by atoms with Crippen molar-refractivity contribution in [2.75, 3.05) is 14.2 Å². The lowest BCUT2D eigenvalue weighted by Gasteiger charge is -2.10. The molecule has 6 heteroatoms. The third-order valence-electron chi connectivity index (χ3n) is 4.17.